The molecule has 4 aromatic rings. The summed E-state index contributed by atoms with van der Waals surface area (Å²) in [5, 5.41) is 4.23. The highest BCUT2D eigenvalue weighted by Gasteiger charge is 2.14. The van der Waals surface area contributed by atoms with E-state index in [-0.39, 0.29) is 12.0 Å². The Morgan fingerprint density at radius 3 is 2.54 bits per heavy atom. The Bertz CT molecular complexity index is 1120. The Kier molecular flexibility index (Phi) is 4.65. The van der Waals surface area contributed by atoms with Crippen molar-refractivity contribution in [3.05, 3.63) is 66.8 Å². The van der Waals surface area contributed by atoms with Gasteiger partial charge in [-0.25, -0.2) is 19.3 Å². The Balaban J connectivity index is 1.80. The van der Waals surface area contributed by atoms with Gasteiger partial charge in [-0.15, -0.1) is 0 Å². The van der Waals surface area contributed by atoms with Crippen LogP contribution in [0.5, 0.6) is 5.75 Å². The van der Waals surface area contributed by atoms with E-state index in [1.54, 1.807) is 25.6 Å². The highest BCUT2D eigenvalue weighted by atomic mass is 19.1. The molecule has 1 unspecified atom stereocenters. The number of halogens is 1. The second-order valence-electron chi connectivity index (χ2n) is 6.59. The van der Waals surface area contributed by atoms with Crippen LogP contribution in [0.15, 0.2) is 55.2 Å². The molecular weight excluding hydrogens is 357 g/mol. The predicted molar refractivity (Wildman–Crippen MR) is 107 cm³/mol. The predicted octanol–water partition coefficient (Wildman–Crippen LogP) is 4.58. The van der Waals surface area contributed by atoms with Gasteiger partial charge >= 0.3 is 0 Å². The number of rotatable bonds is 5. The third kappa shape index (κ3) is 3.38. The largest absolute Gasteiger partial charge is 0.494 e. The van der Waals surface area contributed by atoms with Crippen LogP contribution in [-0.2, 0) is 0 Å². The summed E-state index contributed by atoms with van der Waals surface area (Å²) in [6, 6.07) is 10.2. The average Bonchev–Trinajstić information content (AvgIpc) is 3.14. The van der Waals surface area contributed by atoms with Gasteiger partial charge in [0.1, 0.15) is 35.4 Å². The molecule has 0 spiro atoms. The SMILES string of the molecule is COc1cc(-c2ccc(F)cc2)cc2c(NC(C)n3cnc(C)c3)ncnc12. The maximum Gasteiger partial charge on any atom is 0.145 e. The molecule has 0 amide bonds. The van der Waals surface area contributed by atoms with Crippen molar-refractivity contribution in [1.29, 1.82) is 0 Å². The van der Waals surface area contributed by atoms with Gasteiger partial charge in [0, 0.05) is 11.6 Å². The molecule has 2 heterocycles. The summed E-state index contributed by atoms with van der Waals surface area (Å²) >= 11 is 0. The van der Waals surface area contributed by atoms with Crippen LogP contribution in [0.4, 0.5) is 10.2 Å². The van der Waals surface area contributed by atoms with Crippen LogP contribution in [0, 0.1) is 12.7 Å². The summed E-state index contributed by atoms with van der Waals surface area (Å²) in [5.41, 5.74) is 3.43. The van der Waals surface area contributed by atoms with Crippen molar-refractivity contribution in [3.63, 3.8) is 0 Å². The number of nitrogens with one attached hydrogen (secondary N) is 1. The van der Waals surface area contributed by atoms with Crippen molar-refractivity contribution in [1.82, 2.24) is 19.5 Å². The first-order valence-corrected chi connectivity index (χ1v) is 8.90. The molecule has 1 N–H and O–H groups in total. The summed E-state index contributed by atoms with van der Waals surface area (Å²) in [4.78, 5) is 13.1. The van der Waals surface area contributed by atoms with Crippen LogP contribution in [0.25, 0.3) is 22.0 Å². The summed E-state index contributed by atoms with van der Waals surface area (Å²) in [6.45, 7) is 3.97. The van der Waals surface area contributed by atoms with E-state index in [0.29, 0.717) is 17.1 Å². The molecule has 6 nitrogen and oxygen atoms in total. The summed E-state index contributed by atoms with van der Waals surface area (Å²) in [5.74, 6) is 1.05. The van der Waals surface area contributed by atoms with Crippen molar-refractivity contribution >= 4 is 16.7 Å². The van der Waals surface area contributed by atoms with Gasteiger partial charge in [-0.1, -0.05) is 12.1 Å². The number of hydrogen-bond acceptors (Lipinski definition) is 5. The molecule has 0 saturated carbocycles. The van der Waals surface area contributed by atoms with E-state index in [9.17, 15) is 4.39 Å². The second kappa shape index (κ2) is 7.26. The number of anilines is 1. The molecule has 2 aromatic carbocycles. The van der Waals surface area contributed by atoms with E-state index < -0.39 is 0 Å². The highest BCUT2D eigenvalue weighted by Crippen LogP contribution is 2.34. The lowest BCUT2D eigenvalue weighted by Crippen LogP contribution is -2.14. The molecule has 0 saturated heterocycles. The van der Waals surface area contributed by atoms with Gasteiger partial charge in [0.25, 0.3) is 0 Å². The van der Waals surface area contributed by atoms with Crippen molar-refractivity contribution in [2.45, 2.75) is 20.0 Å². The van der Waals surface area contributed by atoms with E-state index in [0.717, 1.165) is 22.2 Å². The molecule has 0 bridgehead atoms. The minimum Gasteiger partial charge on any atom is -0.494 e. The standard InChI is InChI=1S/C21H20FN5O/c1-13-10-27(12-25-13)14(2)26-21-18-8-16(15-4-6-17(22)7-5-15)9-19(28-3)20(18)23-11-24-21/h4-12,14H,1-3H3,(H,23,24,26). The topological polar surface area (TPSA) is 64.9 Å². The van der Waals surface area contributed by atoms with Gasteiger partial charge in [-0.05, 0) is 49.2 Å². The number of methoxy groups -OCH3 is 1. The van der Waals surface area contributed by atoms with E-state index in [1.165, 1.54) is 18.5 Å². The Labute approximate surface area is 162 Å². The molecule has 28 heavy (non-hydrogen) atoms. The molecule has 4 rings (SSSR count). The average molecular weight is 377 g/mol. The van der Waals surface area contributed by atoms with E-state index >= 15 is 0 Å². The van der Waals surface area contributed by atoms with Crippen LogP contribution in [0.1, 0.15) is 18.8 Å². The van der Waals surface area contributed by atoms with Crippen LogP contribution in [-0.4, -0.2) is 26.6 Å². The molecule has 142 valence electrons. The first-order valence-electron chi connectivity index (χ1n) is 8.90. The normalized spacial score (nSPS) is 12.1. The minimum atomic E-state index is -0.272. The van der Waals surface area contributed by atoms with Crippen molar-refractivity contribution < 1.29 is 9.13 Å². The minimum absolute atomic E-state index is 0.0558. The third-order valence-corrected chi connectivity index (χ3v) is 4.62. The van der Waals surface area contributed by atoms with Gasteiger partial charge in [-0.2, -0.15) is 0 Å². The zero-order valence-corrected chi connectivity index (χ0v) is 15.8. The number of nitrogens with zero attached hydrogens (tertiary/aromatic N) is 4. The van der Waals surface area contributed by atoms with Crippen molar-refractivity contribution in [2.75, 3.05) is 12.4 Å². The number of imidazole rings is 1. The molecule has 0 radical (unpaired) electrons. The Morgan fingerprint density at radius 1 is 1.07 bits per heavy atom. The van der Waals surface area contributed by atoms with Gasteiger partial charge in [-0.3, -0.25) is 0 Å². The number of benzene rings is 2. The summed E-state index contributed by atoms with van der Waals surface area (Å²) in [6.07, 6.45) is 5.20. The fourth-order valence-corrected chi connectivity index (χ4v) is 3.14. The summed E-state index contributed by atoms with van der Waals surface area (Å²) in [7, 11) is 1.61. The van der Waals surface area contributed by atoms with Gasteiger partial charge in [0.15, 0.2) is 0 Å². The fraction of sp³-hybridized carbons (Fsp3) is 0.190. The van der Waals surface area contributed by atoms with Crippen LogP contribution in [0.3, 0.4) is 0 Å². The monoisotopic (exact) mass is 377 g/mol. The van der Waals surface area contributed by atoms with Gasteiger partial charge < -0.3 is 14.6 Å². The lowest BCUT2D eigenvalue weighted by Gasteiger charge is -2.18. The van der Waals surface area contributed by atoms with E-state index in [1.807, 2.05) is 36.7 Å². The maximum absolute atomic E-state index is 13.3. The lowest BCUT2D eigenvalue weighted by atomic mass is 10.0. The molecule has 0 fully saturated rings. The third-order valence-electron chi connectivity index (χ3n) is 4.62. The van der Waals surface area contributed by atoms with Crippen molar-refractivity contribution in [2.24, 2.45) is 0 Å². The van der Waals surface area contributed by atoms with Crippen LogP contribution >= 0.6 is 0 Å². The Hall–Kier alpha value is -3.48. The molecule has 0 aliphatic rings. The maximum atomic E-state index is 13.3. The lowest BCUT2D eigenvalue weighted by molar-refractivity contribution is 0.419. The number of aryl methyl sites for hydroxylation is 1. The van der Waals surface area contributed by atoms with E-state index in [2.05, 4.69) is 20.3 Å². The molecular formula is C21H20FN5O. The highest BCUT2D eigenvalue weighted by molar-refractivity contribution is 5.96. The number of aromatic nitrogens is 4. The number of ether oxygens (including phenoxy) is 1. The fourth-order valence-electron chi connectivity index (χ4n) is 3.14. The molecule has 1 atom stereocenters. The molecule has 2 aromatic heterocycles. The number of fused-ring (bicyclic) bond motifs is 1. The first-order chi connectivity index (χ1) is 13.5. The van der Waals surface area contributed by atoms with Gasteiger partial charge in [0.2, 0.25) is 0 Å². The second-order valence-corrected chi connectivity index (χ2v) is 6.59. The smallest absolute Gasteiger partial charge is 0.145 e. The first kappa shape index (κ1) is 17.9. The number of hydrogen-bond donors (Lipinski definition) is 1. The van der Waals surface area contributed by atoms with Crippen LogP contribution in [0.2, 0.25) is 0 Å². The van der Waals surface area contributed by atoms with Crippen molar-refractivity contribution in [3.8, 4) is 16.9 Å². The zero-order valence-electron chi connectivity index (χ0n) is 15.8. The van der Waals surface area contributed by atoms with Gasteiger partial charge in [0.05, 0.1) is 19.1 Å². The quantitative estimate of drug-likeness (QED) is 0.551. The Morgan fingerprint density at radius 2 is 1.86 bits per heavy atom. The molecule has 0 aliphatic heterocycles. The van der Waals surface area contributed by atoms with Crippen LogP contribution < -0.4 is 10.1 Å². The molecule has 7 heteroatoms. The van der Waals surface area contributed by atoms with E-state index in [4.69, 9.17) is 4.74 Å². The molecule has 0 aliphatic carbocycles. The zero-order chi connectivity index (χ0) is 19.7. The summed E-state index contributed by atoms with van der Waals surface area (Å²) < 4.78 is 20.8.